The predicted octanol–water partition coefficient (Wildman–Crippen LogP) is 8.85. The lowest BCUT2D eigenvalue weighted by atomic mass is 9.81. The molecule has 2 fully saturated rings. The molecule has 2 saturated heterocycles. The molecule has 0 spiro atoms. The zero-order valence-electron chi connectivity index (χ0n) is 34.0. The van der Waals surface area contributed by atoms with Crippen molar-refractivity contribution in [3.63, 3.8) is 0 Å². The van der Waals surface area contributed by atoms with Crippen molar-refractivity contribution in [2.75, 3.05) is 61.2 Å². The zero-order valence-corrected chi connectivity index (χ0v) is 34.0. The van der Waals surface area contributed by atoms with Gasteiger partial charge in [0.15, 0.2) is 0 Å². The maximum atomic E-state index is 13.0. The first-order valence-corrected chi connectivity index (χ1v) is 20.4. The van der Waals surface area contributed by atoms with Crippen LogP contribution in [0.5, 0.6) is 11.5 Å². The molecule has 2 N–H and O–H groups in total. The number of benzene rings is 5. The highest BCUT2D eigenvalue weighted by Crippen LogP contribution is 2.53. The molecule has 298 valence electrons. The van der Waals surface area contributed by atoms with Crippen LogP contribution in [-0.2, 0) is 23.7 Å². The highest BCUT2D eigenvalue weighted by atomic mass is 16.6. The van der Waals surface area contributed by atoms with Gasteiger partial charge in [0, 0.05) is 67.3 Å². The number of para-hydroxylation sites is 1. The molecule has 4 aliphatic rings. The number of hydrogen-bond donors (Lipinski definition) is 2. The highest BCUT2D eigenvalue weighted by molar-refractivity contribution is 5.87. The highest BCUT2D eigenvalue weighted by Gasteiger charge is 2.54. The molecule has 5 aromatic carbocycles. The van der Waals surface area contributed by atoms with Gasteiger partial charge in [-0.05, 0) is 121 Å². The van der Waals surface area contributed by atoms with Crippen molar-refractivity contribution in [2.24, 2.45) is 0 Å². The Bertz CT molecular complexity index is 2350. The van der Waals surface area contributed by atoms with Gasteiger partial charge in [-0.2, -0.15) is 0 Å². The van der Waals surface area contributed by atoms with Gasteiger partial charge in [0.1, 0.15) is 11.5 Å². The fraction of sp³-hybridized carbons (Fsp3) is 0.333. The van der Waals surface area contributed by atoms with Crippen molar-refractivity contribution in [2.45, 2.75) is 62.7 Å². The molecule has 0 aromatic heterocycles. The quantitative estimate of drug-likeness (QED) is 0.154. The van der Waals surface area contributed by atoms with E-state index in [0.717, 1.165) is 45.3 Å². The lowest BCUT2D eigenvalue weighted by Crippen LogP contribution is -2.47. The second-order valence-electron chi connectivity index (χ2n) is 17.0. The van der Waals surface area contributed by atoms with Crippen LogP contribution >= 0.6 is 0 Å². The number of anilines is 4. The van der Waals surface area contributed by atoms with Crippen LogP contribution < -0.4 is 29.9 Å². The van der Waals surface area contributed by atoms with E-state index in [2.05, 4.69) is 120 Å². The summed E-state index contributed by atoms with van der Waals surface area (Å²) in [6.45, 7) is 7.65. The van der Waals surface area contributed by atoms with E-state index in [0.29, 0.717) is 29.0 Å². The third-order valence-corrected chi connectivity index (χ3v) is 13.2. The summed E-state index contributed by atoms with van der Waals surface area (Å²) in [7, 11) is 6.50. The minimum Gasteiger partial charge on any atom is -0.410 e. The Morgan fingerprint density at radius 2 is 1.19 bits per heavy atom. The number of ether oxygens (including phenoxy) is 2. The first kappa shape index (κ1) is 37.7. The van der Waals surface area contributed by atoms with E-state index in [1.165, 1.54) is 39.2 Å². The molecule has 10 heteroatoms. The molecule has 2 amide bonds. The summed E-state index contributed by atoms with van der Waals surface area (Å²) in [5.41, 5.74) is 9.92. The van der Waals surface area contributed by atoms with Gasteiger partial charge in [-0.25, -0.2) is 9.59 Å². The lowest BCUT2D eigenvalue weighted by molar-refractivity contribution is 0.214. The van der Waals surface area contributed by atoms with Gasteiger partial charge in [-0.1, -0.05) is 68.4 Å². The summed E-state index contributed by atoms with van der Waals surface area (Å²) in [5, 5.41) is 5.72. The van der Waals surface area contributed by atoms with Crippen molar-refractivity contribution < 1.29 is 19.1 Å². The first-order chi connectivity index (χ1) is 28.0. The summed E-state index contributed by atoms with van der Waals surface area (Å²) in [6.07, 6.45) is 3.40. The Balaban J connectivity index is 0.784. The maximum absolute atomic E-state index is 13.0. The number of fused-ring (bicyclic) bond motifs is 6. The fourth-order valence-corrected chi connectivity index (χ4v) is 10.4. The van der Waals surface area contributed by atoms with E-state index in [4.69, 9.17) is 9.47 Å². The van der Waals surface area contributed by atoms with Crippen LogP contribution in [0.1, 0.15) is 54.5 Å². The Morgan fingerprint density at radius 3 is 1.84 bits per heavy atom. The first-order valence-electron chi connectivity index (χ1n) is 20.4. The van der Waals surface area contributed by atoms with Gasteiger partial charge in [-0.3, -0.25) is 20.4 Å². The summed E-state index contributed by atoms with van der Waals surface area (Å²) >= 11 is 0. The molecule has 0 radical (unpaired) electrons. The SMILES string of the molecule is CN1CCC2(C)c3cc(OC(=O)Nc4ccc(Cc5cccc(CCN6CCC7(C)c8cc(OC(=O)Nc9ccccc9)ccc8N(C)C67)c5)cc4)ccc3N(C)C12. The van der Waals surface area contributed by atoms with Crippen LogP contribution in [0.4, 0.5) is 32.3 Å². The zero-order chi connectivity index (χ0) is 40.2. The van der Waals surface area contributed by atoms with Crippen LogP contribution in [0.25, 0.3) is 0 Å². The number of hydrogen-bond acceptors (Lipinski definition) is 8. The summed E-state index contributed by atoms with van der Waals surface area (Å²) < 4.78 is 11.5. The standard InChI is InChI=1S/C48H52N6O4/c1-47-23-26-51(3)43(47)52(4)41-20-18-37(30-39(41)47)58-46(56)50-36-16-14-33(15-17-36)29-34-11-9-10-32(28-34)22-25-54-27-24-48(2)40-31-38(19-21-42(40)53(5)44(48)54)57-45(55)49-35-12-7-6-8-13-35/h6-21,28,30-31,43-44H,22-27,29H2,1-5H3,(H,49,55)(H,50,56). The number of carbonyl (C=O) groups is 2. The topological polar surface area (TPSA) is 89.6 Å². The second kappa shape index (κ2) is 14.8. The average molecular weight is 777 g/mol. The van der Waals surface area contributed by atoms with E-state index in [1.54, 1.807) is 0 Å². The van der Waals surface area contributed by atoms with E-state index in [9.17, 15) is 9.59 Å². The Labute approximate surface area is 341 Å². The summed E-state index contributed by atoms with van der Waals surface area (Å²) in [4.78, 5) is 35.3. The number of amides is 2. The Morgan fingerprint density at radius 1 is 0.621 bits per heavy atom. The van der Waals surface area contributed by atoms with Crippen molar-refractivity contribution in [3.05, 3.63) is 143 Å². The summed E-state index contributed by atoms with van der Waals surface area (Å²) in [6, 6.07) is 38.2. The van der Waals surface area contributed by atoms with Gasteiger partial charge in [0.05, 0.1) is 12.3 Å². The molecular weight excluding hydrogens is 725 g/mol. The van der Waals surface area contributed by atoms with Crippen molar-refractivity contribution in [1.82, 2.24) is 9.80 Å². The molecule has 58 heavy (non-hydrogen) atoms. The van der Waals surface area contributed by atoms with Crippen molar-refractivity contribution in [1.29, 1.82) is 0 Å². The van der Waals surface area contributed by atoms with E-state index in [-0.39, 0.29) is 17.0 Å². The molecule has 0 bridgehead atoms. The van der Waals surface area contributed by atoms with E-state index < -0.39 is 12.2 Å². The molecule has 5 aromatic rings. The van der Waals surface area contributed by atoms with Gasteiger partial charge in [0.2, 0.25) is 0 Å². The number of likely N-dealkylation sites (tertiary alicyclic amines) is 2. The third-order valence-electron chi connectivity index (χ3n) is 13.2. The van der Waals surface area contributed by atoms with Gasteiger partial charge in [0.25, 0.3) is 0 Å². The molecule has 4 heterocycles. The monoisotopic (exact) mass is 776 g/mol. The Hall–Kier alpha value is -5.84. The van der Waals surface area contributed by atoms with Crippen LogP contribution in [0, 0.1) is 0 Å². The predicted molar refractivity (Wildman–Crippen MR) is 231 cm³/mol. The summed E-state index contributed by atoms with van der Waals surface area (Å²) in [5.74, 6) is 1.11. The van der Waals surface area contributed by atoms with Crippen molar-refractivity contribution >= 4 is 34.9 Å². The van der Waals surface area contributed by atoms with Gasteiger partial charge in [-0.15, -0.1) is 0 Å². The Kier molecular flexibility index (Phi) is 9.65. The van der Waals surface area contributed by atoms with Gasteiger partial charge < -0.3 is 19.3 Å². The van der Waals surface area contributed by atoms with Crippen LogP contribution in [0.3, 0.4) is 0 Å². The normalized spacial score (nSPS) is 23.3. The molecule has 10 nitrogen and oxygen atoms in total. The number of nitrogens with zero attached hydrogens (tertiary/aromatic N) is 4. The largest absolute Gasteiger partial charge is 0.417 e. The number of likely N-dealkylation sites (N-methyl/N-ethyl adjacent to an activating group) is 3. The van der Waals surface area contributed by atoms with Crippen LogP contribution in [0.2, 0.25) is 0 Å². The molecule has 4 aliphatic heterocycles. The van der Waals surface area contributed by atoms with Gasteiger partial charge >= 0.3 is 12.2 Å². The molecule has 0 saturated carbocycles. The molecule has 0 aliphatic carbocycles. The molecular formula is C48H52N6O4. The van der Waals surface area contributed by atoms with Crippen LogP contribution in [-0.4, -0.2) is 75.1 Å². The van der Waals surface area contributed by atoms with E-state index in [1.807, 2.05) is 60.7 Å². The minimum absolute atomic E-state index is 0.00818. The van der Waals surface area contributed by atoms with Crippen molar-refractivity contribution in [3.8, 4) is 11.5 Å². The van der Waals surface area contributed by atoms with Crippen LogP contribution in [0.15, 0.2) is 115 Å². The smallest absolute Gasteiger partial charge is 0.410 e. The minimum atomic E-state index is -0.495. The van der Waals surface area contributed by atoms with E-state index >= 15 is 0 Å². The maximum Gasteiger partial charge on any atom is 0.417 e. The second-order valence-corrected chi connectivity index (χ2v) is 17.0. The fourth-order valence-electron chi connectivity index (χ4n) is 10.4. The molecule has 4 unspecified atom stereocenters. The molecule has 4 atom stereocenters. The lowest BCUT2D eigenvalue weighted by Gasteiger charge is -2.34. The third kappa shape index (κ3) is 6.84. The number of nitrogens with one attached hydrogen (secondary N) is 2. The molecule has 9 rings (SSSR count). The number of rotatable bonds is 9. The average Bonchev–Trinajstić information content (AvgIpc) is 3.86. The number of carbonyl (C=O) groups excluding carboxylic acids is 2.